The van der Waals surface area contributed by atoms with Gasteiger partial charge in [-0.2, -0.15) is 0 Å². The van der Waals surface area contributed by atoms with Crippen LogP contribution in [0.5, 0.6) is 0 Å². The predicted molar refractivity (Wildman–Crippen MR) is 72.2 cm³/mol. The summed E-state index contributed by atoms with van der Waals surface area (Å²) in [5.74, 6) is 0.611. The summed E-state index contributed by atoms with van der Waals surface area (Å²) in [6.07, 6.45) is 3.48. The molecule has 0 fully saturated rings. The van der Waals surface area contributed by atoms with Crippen molar-refractivity contribution in [2.24, 2.45) is 0 Å². The number of hydrogen-bond donors (Lipinski definition) is 3. The van der Waals surface area contributed by atoms with E-state index in [2.05, 4.69) is 15.3 Å². The van der Waals surface area contributed by atoms with Crippen LogP contribution < -0.4 is 11.1 Å². The quantitative estimate of drug-likeness (QED) is 0.758. The second-order valence-electron chi connectivity index (χ2n) is 3.95. The zero-order chi connectivity index (χ0) is 13.0. The van der Waals surface area contributed by atoms with Gasteiger partial charge in [-0.05, 0) is 30.7 Å². The molecule has 0 aliphatic rings. The van der Waals surface area contributed by atoms with E-state index >= 15 is 0 Å². The number of nitrogens with zero attached hydrogens (tertiary/aromatic N) is 2. The summed E-state index contributed by atoms with van der Waals surface area (Å²) < 4.78 is 0. The summed E-state index contributed by atoms with van der Waals surface area (Å²) in [5, 5.41) is 11.8. The Hall–Kier alpha value is -2.14. The van der Waals surface area contributed by atoms with E-state index in [-0.39, 0.29) is 6.61 Å². The van der Waals surface area contributed by atoms with Crippen molar-refractivity contribution < 1.29 is 5.11 Å². The highest BCUT2D eigenvalue weighted by atomic mass is 16.3. The van der Waals surface area contributed by atoms with Gasteiger partial charge in [-0.25, -0.2) is 4.98 Å². The standard InChI is InChI=1S/C13H16N4O/c1-9-11(10-2-4-15-5-3-10)8-12(14)13(17-9)16-6-7-18/h2-5,8,18H,6-7,14H2,1H3,(H,16,17). The Morgan fingerprint density at radius 1 is 1.33 bits per heavy atom. The second-order valence-corrected chi connectivity index (χ2v) is 3.95. The third kappa shape index (κ3) is 2.57. The highest BCUT2D eigenvalue weighted by Crippen LogP contribution is 2.27. The predicted octanol–water partition coefficient (Wildman–Crippen LogP) is 1.44. The molecule has 0 saturated carbocycles. The molecular formula is C13H16N4O. The van der Waals surface area contributed by atoms with Gasteiger partial charge in [-0.15, -0.1) is 0 Å². The molecule has 94 valence electrons. The maximum absolute atomic E-state index is 8.78. The molecule has 2 heterocycles. The van der Waals surface area contributed by atoms with E-state index in [1.807, 2.05) is 25.1 Å². The zero-order valence-electron chi connectivity index (χ0n) is 10.2. The molecule has 0 aromatic carbocycles. The first-order valence-corrected chi connectivity index (χ1v) is 5.74. The number of aryl methyl sites for hydroxylation is 1. The van der Waals surface area contributed by atoms with Crippen LogP contribution in [0.1, 0.15) is 5.69 Å². The maximum Gasteiger partial charge on any atom is 0.149 e. The lowest BCUT2D eigenvalue weighted by Gasteiger charge is -2.12. The van der Waals surface area contributed by atoms with Gasteiger partial charge in [0.15, 0.2) is 0 Å². The minimum absolute atomic E-state index is 0.0479. The Kier molecular flexibility index (Phi) is 3.74. The van der Waals surface area contributed by atoms with Gasteiger partial charge in [-0.1, -0.05) is 0 Å². The number of hydrogen-bond acceptors (Lipinski definition) is 5. The average molecular weight is 244 g/mol. The summed E-state index contributed by atoms with van der Waals surface area (Å²) in [6.45, 7) is 2.41. The number of pyridine rings is 2. The lowest BCUT2D eigenvalue weighted by atomic mass is 10.1. The third-order valence-corrected chi connectivity index (χ3v) is 2.64. The molecule has 0 aliphatic carbocycles. The van der Waals surface area contributed by atoms with E-state index in [4.69, 9.17) is 10.8 Å². The van der Waals surface area contributed by atoms with Gasteiger partial charge in [-0.3, -0.25) is 4.98 Å². The fourth-order valence-electron chi connectivity index (χ4n) is 1.76. The van der Waals surface area contributed by atoms with Crippen LogP contribution >= 0.6 is 0 Å². The molecule has 0 bridgehead atoms. The number of anilines is 2. The Morgan fingerprint density at radius 2 is 2.06 bits per heavy atom. The molecule has 5 nitrogen and oxygen atoms in total. The Labute approximate surface area is 106 Å². The van der Waals surface area contributed by atoms with Crippen LogP contribution in [0.15, 0.2) is 30.6 Å². The Morgan fingerprint density at radius 3 is 2.72 bits per heavy atom. The van der Waals surface area contributed by atoms with E-state index in [0.29, 0.717) is 18.1 Å². The molecule has 0 atom stereocenters. The molecule has 0 saturated heterocycles. The first kappa shape index (κ1) is 12.3. The summed E-state index contributed by atoms with van der Waals surface area (Å²) in [6, 6.07) is 5.73. The molecular weight excluding hydrogens is 228 g/mol. The summed E-state index contributed by atoms with van der Waals surface area (Å²) in [7, 11) is 0. The van der Waals surface area contributed by atoms with Crippen molar-refractivity contribution >= 4 is 11.5 Å². The van der Waals surface area contributed by atoms with Gasteiger partial charge in [0, 0.05) is 30.2 Å². The van der Waals surface area contributed by atoms with Gasteiger partial charge >= 0.3 is 0 Å². The fourth-order valence-corrected chi connectivity index (χ4v) is 1.76. The maximum atomic E-state index is 8.78. The second kappa shape index (κ2) is 5.46. The summed E-state index contributed by atoms with van der Waals surface area (Å²) in [5.41, 5.74) is 9.43. The van der Waals surface area contributed by atoms with Crippen LogP contribution in [-0.4, -0.2) is 28.2 Å². The Balaban J connectivity index is 2.37. The van der Waals surface area contributed by atoms with Crippen molar-refractivity contribution in [3.63, 3.8) is 0 Å². The van der Waals surface area contributed by atoms with Gasteiger partial charge < -0.3 is 16.2 Å². The molecule has 2 aromatic rings. The van der Waals surface area contributed by atoms with E-state index in [1.165, 1.54) is 0 Å². The SMILES string of the molecule is Cc1nc(NCCO)c(N)cc1-c1ccncc1. The number of aliphatic hydroxyl groups excluding tert-OH is 1. The monoisotopic (exact) mass is 244 g/mol. The molecule has 4 N–H and O–H groups in total. The van der Waals surface area contributed by atoms with Crippen LogP contribution in [0, 0.1) is 6.92 Å². The van der Waals surface area contributed by atoms with E-state index in [1.54, 1.807) is 12.4 Å². The van der Waals surface area contributed by atoms with Gasteiger partial charge in [0.2, 0.25) is 0 Å². The number of aromatic nitrogens is 2. The van der Waals surface area contributed by atoms with Crippen molar-refractivity contribution in [2.75, 3.05) is 24.2 Å². The van der Waals surface area contributed by atoms with Crippen molar-refractivity contribution in [3.05, 3.63) is 36.3 Å². The van der Waals surface area contributed by atoms with Crippen molar-refractivity contribution in [2.45, 2.75) is 6.92 Å². The molecule has 0 unspecified atom stereocenters. The summed E-state index contributed by atoms with van der Waals surface area (Å²) in [4.78, 5) is 8.41. The molecule has 18 heavy (non-hydrogen) atoms. The first-order valence-electron chi connectivity index (χ1n) is 5.74. The highest BCUT2D eigenvalue weighted by Gasteiger charge is 2.08. The van der Waals surface area contributed by atoms with Gasteiger partial charge in [0.05, 0.1) is 12.3 Å². The highest BCUT2D eigenvalue weighted by molar-refractivity contribution is 5.74. The number of rotatable bonds is 4. The van der Waals surface area contributed by atoms with Crippen molar-refractivity contribution in [3.8, 4) is 11.1 Å². The zero-order valence-corrected chi connectivity index (χ0v) is 10.2. The lowest BCUT2D eigenvalue weighted by Crippen LogP contribution is -2.10. The van der Waals surface area contributed by atoms with Crippen LogP contribution in [-0.2, 0) is 0 Å². The molecule has 0 spiro atoms. The minimum Gasteiger partial charge on any atom is -0.396 e. The average Bonchev–Trinajstić information content (AvgIpc) is 2.40. The minimum atomic E-state index is 0.0479. The number of aliphatic hydroxyl groups is 1. The number of nitrogens with one attached hydrogen (secondary N) is 1. The lowest BCUT2D eigenvalue weighted by molar-refractivity contribution is 0.311. The molecule has 0 amide bonds. The molecule has 0 aliphatic heterocycles. The van der Waals surface area contributed by atoms with E-state index in [0.717, 1.165) is 16.8 Å². The normalized spacial score (nSPS) is 10.3. The van der Waals surface area contributed by atoms with Crippen LogP contribution in [0.25, 0.3) is 11.1 Å². The number of nitrogens with two attached hydrogens (primary N) is 1. The van der Waals surface area contributed by atoms with Crippen LogP contribution in [0.2, 0.25) is 0 Å². The largest absolute Gasteiger partial charge is 0.396 e. The smallest absolute Gasteiger partial charge is 0.149 e. The van der Waals surface area contributed by atoms with Crippen LogP contribution in [0.3, 0.4) is 0 Å². The molecule has 2 aromatic heterocycles. The summed E-state index contributed by atoms with van der Waals surface area (Å²) >= 11 is 0. The number of nitrogen functional groups attached to an aromatic ring is 1. The van der Waals surface area contributed by atoms with Crippen molar-refractivity contribution in [1.29, 1.82) is 0 Å². The van der Waals surface area contributed by atoms with Gasteiger partial charge in [0.25, 0.3) is 0 Å². The topological polar surface area (TPSA) is 84.1 Å². The fraction of sp³-hybridized carbons (Fsp3) is 0.231. The van der Waals surface area contributed by atoms with Crippen LogP contribution in [0.4, 0.5) is 11.5 Å². The van der Waals surface area contributed by atoms with Crippen molar-refractivity contribution in [1.82, 2.24) is 9.97 Å². The molecule has 5 heteroatoms. The Bertz CT molecular complexity index is 528. The van der Waals surface area contributed by atoms with Gasteiger partial charge in [0.1, 0.15) is 5.82 Å². The molecule has 0 radical (unpaired) electrons. The van der Waals surface area contributed by atoms with E-state index < -0.39 is 0 Å². The third-order valence-electron chi connectivity index (χ3n) is 2.64. The first-order chi connectivity index (χ1) is 8.72. The van der Waals surface area contributed by atoms with E-state index in [9.17, 15) is 0 Å². The molecule has 2 rings (SSSR count).